The van der Waals surface area contributed by atoms with Crippen LogP contribution in [-0.2, 0) is 0 Å². The summed E-state index contributed by atoms with van der Waals surface area (Å²) in [5.41, 5.74) is 16.0. The van der Waals surface area contributed by atoms with E-state index in [0.717, 1.165) is 64.5 Å². The molecule has 10 aromatic carbocycles. The number of halogens is 3. The SMILES string of the molecule is Brc1ccc(-c2ccc(-n3c4ccccc4c4cc(-c5nc6ccccc6o5)ccc43)cc2)cc1.Brc1ccc(-c2ccc(I)cc2)cc1.[2HH].[CH3-].c1ccc2oc(-c3ccc4[nH]c5ccccc5c4c3)nc2c1. The van der Waals surface area contributed by atoms with Crippen molar-refractivity contribution in [1.29, 1.82) is 0 Å². The lowest BCUT2D eigenvalue weighted by Gasteiger charge is -2.09. The molecule has 0 unspecified atom stereocenters. The van der Waals surface area contributed by atoms with E-state index in [0.29, 0.717) is 11.8 Å². The summed E-state index contributed by atoms with van der Waals surface area (Å²) in [6.07, 6.45) is 0. The predicted molar refractivity (Wildman–Crippen MR) is 317 cm³/mol. The Balaban J connectivity index is 0.000000137. The van der Waals surface area contributed by atoms with Crippen LogP contribution >= 0.6 is 54.5 Å². The molecule has 0 atom stereocenters. The molecule has 14 aromatic rings. The van der Waals surface area contributed by atoms with Crippen LogP contribution < -0.4 is 0 Å². The highest BCUT2D eigenvalue weighted by atomic mass is 127. The molecular formula is C63H44Br2IN4O2-. The van der Waals surface area contributed by atoms with Gasteiger partial charge < -0.3 is 25.8 Å². The molecule has 0 aliphatic carbocycles. The Morgan fingerprint density at radius 1 is 0.403 bits per heavy atom. The Kier molecular flexibility index (Phi) is 13.2. The van der Waals surface area contributed by atoms with Crippen molar-refractivity contribution in [2.75, 3.05) is 0 Å². The molecule has 350 valence electrons. The number of aromatic nitrogens is 4. The lowest BCUT2D eigenvalue weighted by molar-refractivity contribution is 0.619. The number of para-hydroxylation sites is 6. The Bertz CT molecular complexity index is 4090. The van der Waals surface area contributed by atoms with E-state index in [-0.39, 0.29) is 8.85 Å². The summed E-state index contributed by atoms with van der Waals surface area (Å²) in [7, 11) is 0. The van der Waals surface area contributed by atoms with Crippen LogP contribution in [0.3, 0.4) is 0 Å². The zero-order valence-electron chi connectivity index (χ0n) is 38.7. The molecule has 0 aliphatic heterocycles. The number of fused-ring (bicyclic) bond motifs is 8. The minimum Gasteiger partial charge on any atom is -0.436 e. The van der Waals surface area contributed by atoms with E-state index in [2.05, 4.69) is 239 Å². The number of aromatic amines is 1. The first-order valence-corrected chi connectivity index (χ1v) is 25.7. The first kappa shape index (κ1) is 46.8. The predicted octanol–water partition coefficient (Wildman–Crippen LogP) is 19.6. The summed E-state index contributed by atoms with van der Waals surface area (Å²) < 4.78 is 17.7. The van der Waals surface area contributed by atoms with Crippen LogP contribution in [0, 0.1) is 11.0 Å². The monoisotopic (exact) mass is 1170 g/mol. The summed E-state index contributed by atoms with van der Waals surface area (Å²) >= 11 is 9.26. The van der Waals surface area contributed by atoms with Gasteiger partial charge in [0.05, 0.1) is 11.0 Å². The van der Waals surface area contributed by atoms with Gasteiger partial charge in [0, 0.05) is 63.3 Å². The van der Waals surface area contributed by atoms with Gasteiger partial charge in [0.1, 0.15) is 11.0 Å². The van der Waals surface area contributed by atoms with Gasteiger partial charge in [-0.25, -0.2) is 9.97 Å². The number of nitrogens with zero attached hydrogens (tertiary/aromatic N) is 3. The lowest BCUT2D eigenvalue weighted by Crippen LogP contribution is -1.93. The topological polar surface area (TPSA) is 72.8 Å². The number of benzene rings is 10. The summed E-state index contributed by atoms with van der Waals surface area (Å²) in [4.78, 5) is 12.7. The van der Waals surface area contributed by atoms with Gasteiger partial charge in [-0.1, -0.05) is 141 Å². The third-order valence-corrected chi connectivity index (χ3v) is 14.4. The second-order valence-corrected chi connectivity index (χ2v) is 20.1. The molecule has 72 heavy (non-hydrogen) atoms. The molecule has 0 saturated heterocycles. The minimum atomic E-state index is 0. The van der Waals surface area contributed by atoms with Gasteiger partial charge >= 0.3 is 0 Å². The molecule has 0 spiro atoms. The van der Waals surface area contributed by atoms with Crippen LogP contribution in [0.5, 0.6) is 0 Å². The van der Waals surface area contributed by atoms with Crippen LogP contribution in [-0.4, -0.2) is 19.5 Å². The van der Waals surface area contributed by atoms with Crippen molar-refractivity contribution < 1.29 is 10.3 Å². The van der Waals surface area contributed by atoms with Crippen LogP contribution in [0.2, 0.25) is 0 Å². The number of hydrogen-bond acceptors (Lipinski definition) is 4. The van der Waals surface area contributed by atoms with Crippen LogP contribution in [0.1, 0.15) is 1.43 Å². The summed E-state index contributed by atoms with van der Waals surface area (Å²) in [5, 5.41) is 4.79. The second-order valence-electron chi connectivity index (χ2n) is 17.1. The van der Waals surface area contributed by atoms with E-state index < -0.39 is 0 Å². The average Bonchev–Trinajstić information content (AvgIpc) is 4.22. The van der Waals surface area contributed by atoms with Gasteiger partial charge in [0.25, 0.3) is 0 Å². The zero-order valence-corrected chi connectivity index (χ0v) is 44.1. The largest absolute Gasteiger partial charge is 0.436 e. The van der Waals surface area contributed by atoms with Crippen molar-refractivity contribution >= 4 is 120 Å². The molecule has 9 heteroatoms. The molecule has 6 nitrogen and oxygen atoms in total. The fourth-order valence-electron chi connectivity index (χ4n) is 9.09. The van der Waals surface area contributed by atoms with E-state index in [4.69, 9.17) is 13.8 Å². The first-order chi connectivity index (χ1) is 34.9. The molecule has 4 aromatic heterocycles. The lowest BCUT2D eigenvalue weighted by atomic mass is 10.1. The fourth-order valence-corrected chi connectivity index (χ4v) is 9.97. The van der Waals surface area contributed by atoms with Crippen LogP contribution in [0.15, 0.2) is 248 Å². The second kappa shape index (κ2) is 20.3. The number of oxazole rings is 2. The van der Waals surface area contributed by atoms with Crippen molar-refractivity contribution in [3.63, 3.8) is 0 Å². The van der Waals surface area contributed by atoms with Gasteiger partial charge in [-0.3, -0.25) is 0 Å². The van der Waals surface area contributed by atoms with E-state index in [1.54, 1.807) is 0 Å². The molecule has 0 fully saturated rings. The molecule has 0 radical (unpaired) electrons. The molecule has 0 saturated carbocycles. The van der Waals surface area contributed by atoms with Gasteiger partial charge in [-0.2, -0.15) is 0 Å². The molecule has 1 N–H and O–H groups in total. The number of nitrogens with one attached hydrogen (secondary N) is 1. The maximum atomic E-state index is 6.05. The highest BCUT2D eigenvalue weighted by Crippen LogP contribution is 2.37. The average molecular weight is 1180 g/mol. The Morgan fingerprint density at radius 2 is 0.833 bits per heavy atom. The van der Waals surface area contributed by atoms with E-state index >= 15 is 0 Å². The Hall–Kier alpha value is -7.57. The molecular weight excluding hydrogens is 1130 g/mol. The van der Waals surface area contributed by atoms with Gasteiger partial charge in [-0.05, 0) is 166 Å². The highest BCUT2D eigenvalue weighted by Gasteiger charge is 2.16. The van der Waals surface area contributed by atoms with Crippen molar-refractivity contribution in [3.8, 4) is 50.8 Å². The minimum absolute atomic E-state index is 0. The van der Waals surface area contributed by atoms with Crippen molar-refractivity contribution in [2.24, 2.45) is 0 Å². The maximum absolute atomic E-state index is 6.05. The maximum Gasteiger partial charge on any atom is 0.227 e. The summed E-state index contributed by atoms with van der Waals surface area (Å²) in [5.74, 6) is 1.30. The summed E-state index contributed by atoms with van der Waals surface area (Å²) in [6, 6.07) is 79.4. The highest BCUT2D eigenvalue weighted by molar-refractivity contribution is 14.1. The Morgan fingerprint density at radius 3 is 1.42 bits per heavy atom. The molecule has 14 rings (SSSR count). The van der Waals surface area contributed by atoms with Gasteiger partial charge in [0.15, 0.2) is 11.2 Å². The van der Waals surface area contributed by atoms with Crippen molar-refractivity contribution in [2.45, 2.75) is 0 Å². The smallest absolute Gasteiger partial charge is 0.227 e. The quantitative estimate of drug-likeness (QED) is 0.138. The van der Waals surface area contributed by atoms with Crippen molar-refractivity contribution in [1.82, 2.24) is 19.5 Å². The molecule has 0 bridgehead atoms. The number of H-pyrrole nitrogens is 1. The standard InChI is InChI=1S/C31H19BrN2O.C19H12N2O.C12H8BrI.CH3.H2/c32-23-14-9-20(10-15-23)21-11-16-24(17-12-21)34-28-7-3-1-5-25(28)26-19-22(13-18-29(26)34)31-33-27-6-2-4-8-30(27)35-31;1-2-6-15-13(5-1)14-11-12(9-10-16(14)20-15)19-21-17-7-3-4-8-18(17)22-19;13-11-5-1-9(2-6-11)10-3-7-12(14)8-4-10;;/h1-19H;1-11,20H;1-8H;1H3;1H/q;;;-1;/i;;;;1+1. The fraction of sp³-hybridized carbons (Fsp3) is 0. The number of rotatable bonds is 5. The normalized spacial score (nSPS) is 11.2. The van der Waals surface area contributed by atoms with E-state index in [9.17, 15) is 0 Å². The molecule has 0 amide bonds. The number of hydrogen-bond donors (Lipinski definition) is 1. The zero-order chi connectivity index (χ0) is 47.8. The van der Waals surface area contributed by atoms with Gasteiger partial charge in [0.2, 0.25) is 11.8 Å². The van der Waals surface area contributed by atoms with Gasteiger partial charge in [-0.15, -0.1) is 0 Å². The Labute approximate surface area is 447 Å². The molecule has 0 aliphatic rings. The third-order valence-electron chi connectivity index (χ3n) is 12.6. The van der Waals surface area contributed by atoms with Crippen molar-refractivity contribution in [3.05, 3.63) is 250 Å². The first-order valence-electron chi connectivity index (χ1n) is 23.0. The van der Waals surface area contributed by atoms with Crippen LogP contribution in [0.25, 0.3) is 117 Å². The van der Waals surface area contributed by atoms with Crippen LogP contribution in [0.4, 0.5) is 0 Å². The molecule has 4 heterocycles. The summed E-state index contributed by atoms with van der Waals surface area (Å²) in [6.45, 7) is 0. The van der Waals surface area contributed by atoms with E-state index in [1.807, 2.05) is 60.7 Å². The van der Waals surface area contributed by atoms with E-state index in [1.165, 1.54) is 52.9 Å². The third kappa shape index (κ3) is 9.39.